The highest BCUT2D eigenvalue weighted by atomic mass is 35.5. The largest absolute Gasteiger partial charge is 0.490 e. The van der Waals surface area contributed by atoms with E-state index >= 15 is 0 Å². The minimum Gasteiger partial charge on any atom is -0.490 e. The molecule has 0 saturated heterocycles. The molecule has 0 radical (unpaired) electrons. The Labute approximate surface area is 276 Å². The van der Waals surface area contributed by atoms with Gasteiger partial charge in [-0.05, 0) is 110 Å². The van der Waals surface area contributed by atoms with Crippen LogP contribution in [0.25, 0.3) is 0 Å². The second kappa shape index (κ2) is 12.7. The summed E-state index contributed by atoms with van der Waals surface area (Å²) in [6.45, 7) is 1.89. The van der Waals surface area contributed by atoms with E-state index in [0.29, 0.717) is 38.3 Å². The number of nitrogens with one attached hydrogen (secondary N) is 1. The Morgan fingerprint density at radius 1 is 1.04 bits per heavy atom. The number of anilines is 1. The summed E-state index contributed by atoms with van der Waals surface area (Å²) in [6, 6.07) is 20.9. The fourth-order valence-corrected chi connectivity index (χ4v) is 9.58. The van der Waals surface area contributed by atoms with Crippen LogP contribution >= 0.6 is 11.6 Å². The fraction of sp³-hybridized carbons (Fsp3) is 0.432. The third kappa shape index (κ3) is 6.19. The van der Waals surface area contributed by atoms with E-state index in [4.69, 9.17) is 16.3 Å². The summed E-state index contributed by atoms with van der Waals surface area (Å²) in [4.78, 5) is 16.0. The van der Waals surface area contributed by atoms with E-state index in [0.717, 1.165) is 48.4 Å². The Morgan fingerprint density at radius 2 is 1.89 bits per heavy atom. The second-order valence-corrected chi connectivity index (χ2v) is 16.0. The van der Waals surface area contributed by atoms with Crippen molar-refractivity contribution in [1.29, 1.82) is 0 Å². The summed E-state index contributed by atoms with van der Waals surface area (Å²) in [5, 5.41) is 11.2. The van der Waals surface area contributed by atoms with E-state index in [-0.39, 0.29) is 29.2 Å². The number of aliphatic hydroxyl groups excluding tert-OH is 1. The zero-order valence-electron chi connectivity index (χ0n) is 25.9. The smallest absolute Gasteiger partial charge is 0.264 e. The molecule has 0 aromatic heterocycles. The van der Waals surface area contributed by atoms with Gasteiger partial charge in [0.15, 0.2) is 0 Å². The number of nitrogens with zero attached hydrogens (tertiary/aromatic N) is 1. The molecule has 7 nitrogen and oxygen atoms in total. The predicted octanol–water partition coefficient (Wildman–Crippen LogP) is 6.22. The number of aliphatic hydroxyl groups is 1. The third-order valence-electron chi connectivity index (χ3n) is 10.6. The van der Waals surface area contributed by atoms with Gasteiger partial charge < -0.3 is 14.7 Å². The Balaban J connectivity index is 1.26. The lowest BCUT2D eigenvalue weighted by atomic mass is 9.68. The van der Waals surface area contributed by atoms with Crippen LogP contribution in [0.2, 0.25) is 5.02 Å². The first-order valence-corrected chi connectivity index (χ1v) is 18.4. The van der Waals surface area contributed by atoms with Crippen molar-refractivity contribution < 1.29 is 23.1 Å². The maximum Gasteiger partial charge on any atom is 0.264 e. The molecule has 1 fully saturated rings. The average Bonchev–Trinajstić information content (AvgIpc) is 3.17. The highest BCUT2D eigenvalue weighted by Gasteiger charge is 2.44. The highest BCUT2D eigenvalue weighted by Crippen LogP contribution is 2.46. The summed E-state index contributed by atoms with van der Waals surface area (Å²) < 4.78 is 36.4. The van der Waals surface area contributed by atoms with Crippen molar-refractivity contribution in [3.8, 4) is 5.75 Å². The molecule has 3 aromatic rings. The predicted molar refractivity (Wildman–Crippen MR) is 181 cm³/mol. The van der Waals surface area contributed by atoms with Crippen molar-refractivity contribution in [3.05, 3.63) is 106 Å². The summed E-state index contributed by atoms with van der Waals surface area (Å²) in [7, 11) is -4.02. The Bertz CT molecular complexity index is 1750. The van der Waals surface area contributed by atoms with E-state index < -0.39 is 27.3 Å². The number of carbonyl (C=O) groups excluding carboxylic acids is 1. The lowest BCUT2D eigenvalue weighted by molar-refractivity contribution is 0.0456. The van der Waals surface area contributed by atoms with Crippen LogP contribution in [0.3, 0.4) is 0 Å². The van der Waals surface area contributed by atoms with Crippen LogP contribution in [0, 0.1) is 11.8 Å². The molecule has 2 N–H and O–H groups in total. The zero-order valence-corrected chi connectivity index (χ0v) is 27.5. The van der Waals surface area contributed by atoms with Gasteiger partial charge in [0, 0.05) is 29.1 Å². The van der Waals surface area contributed by atoms with Crippen molar-refractivity contribution in [3.63, 3.8) is 0 Å². The van der Waals surface area contributed by atoms with Crippen LogP contribution in [-0.2, 0) is 28.3 Å². The van der Waals surface area contributed by atoms with E-state index in [1.165, 1.54) is 11.1 Å². The molecular formula is C37H41ClN2O5S. The molecule has 242 valence electrons. The monoisotopic (exact) mass is 660 g/mol. The normalized spacial score (nSPS) is 29.7. The molecule has 2 bridgehead atoms. The molecule has 46 heavy (non-hydrogen) atoms. The van der Waals surface area contributed by atoms with Crippen molar-refractivity contribution in [2.24, 2.45) is 11.8 Å². The number of amides is 1. The average molecular weight is 661 g/mol. The molecular weight excluding hydrogens is 620 g/mol. The van der Waals surface area contributed by atoms with Crippen molar-refractivity contribution in [2.45, 2.75) is 68.1 Å². The molecule has 1 saturated carbocycles. The molecule has 2 aliphatic heterocycles. The van der Waals surface area contributed by atoms with Crippen LogP contribution < -0.4 is 14.4 Å². The molecule has 2 heterocycles. The third-order valence-corrected chi connectivity index (χ3v) is 12.6. The van der Waals surface area contributed by atoms with Gasteiger partial charge in [-0.2, -0.15) is 0 Å². The Hall–Kier alpha value is -3.33. The first-order valence-electron chi connectivity index (χ1n) is 16.5. The van der Waals surface area contributed by atoms with Gasteiger partial charge in [-0.1, -0.05) is 60.2 Å². The summed E-state index contributed by atoms with van der Waals surface area (Å²) in [6.07, 6.45) is 9.14. The molecule has 5 atom stereocenters. The second-order valence-electron chi connectivity index (χ2n) is 13.6. The van der Waals surface area contributed by atoms with Crippen LogP contribution in [0.4, 0.5) is 5.69 Å². The molecule has 3 aromatic carbocycles. The van der Waals surface area contributed by atoms with Crippen LogP contribution in [-0.4, -0.2) is 50.5 Å². The lowest BCUT2D eigenvalue weighted by Crippen LogP contribution is -2.49. The number of hydrogen-bond donors (Lipinski definition) is 2. The van der Waals surface area contributed by atoms with Crippen molar-refractivity contribution in [1.82, 2.24) is 4.72 Å². The number of benzene rings is 3. The number of allylic oxidation sites excluding steroid dienone is 1. The molecule has 2 aliphatic carbocycles. The van der Waals surface area contributed by atoms with E-state index in [1.807, 2.05) is 48.6 Å². The lowest BCUT2D eigenvalue weighted by Gasteiger charge is -2.45. The molecule has 4 aliphatic rings. The molecule has 1 amide bonds. The Kier molecular flexibility index (Phi) is 8.64. The quantitative estimate of drug-likeness (QED) is 0.317. The van der Waals surface area contributed by atoms with Gasteiger partial charge in [0.25, 0.3) is 5.91 Å². The standard InChI is InChI=1S/C37H41ClN2O5S/c38-29-14-16-32-26(20-29)9-6-18-37(32)23-40-22-28-12-15-31(28)34(41)11-5-4-10-30(19-25-7-2-1-3-8-25)46(43,44)39-36(42)27-13-17-35(45-24-37)33(40)21-27/h1-3,5,7-8,11,13-14,16-17,20-21,28,30-31,34,41H,4,6,9-10,12,15,18-19,22-24H2,(H,39,42)/b11-5+/t28-,30+,31+,34-,37-/m0/s1. The van der Waals surface area contributed by atoms with Crippen molar-refractivity contribution in [2.75, 3.05) is 24.6 Å². The van der Waals surface area contributed by atoms with Gasteiger partial charge in [-0.15, -0.1) is 0 Å². The van der Waals surface area contributed by atoms with Gasteiger partial charge in [-0.25, -0.2) is 13.1 Å². The number of carbonyl (C=O) groups is 1. The summed E-state index contributed by atoms with van der Waals surface area (Å²) in [5.74, 6) is 0.418. The minimum atomic E-state index is -4.02. The first-order chi connectivity index (χ1) is 22.2. The van der Waals surface area contributed by atoms with Gasteiger partial charge >= 0.3 is 0 Å². The number of aryl methyl sites for hydroxylation is 1. The fourth-order valence-electron chi connectivity index (χ4n) is 7.99. The van der Waals surface area contributed by atoms with Crippen molar-refractivity contribution >= 4 is 33.2 Å². The molecule has 9 heteroatoms. The molecule has 0 unspecified atom stereocenters. The topological polar surface area (TPSA) is 95.9 Å². The van der Waals surface area contributed by atoms with Gasteiger partial charge in [0.1, 0.15) is 5.75 Å². The molecule has 1 spiro atoms. The van der Waals surface area contributed by atoms with Crippen LogP contribution in [0.5, 0.6) is 5.75 Å². The number of halogens is 1. The number of ether oxygens (including phenoxy) is 1. The Morgan fingerprint density at radius 3 is 2.70 bits per heavy atom. The SMILES string of the molecule is O=C1NS(=O)(=O)[C@@H](Cc2ccccc2)CC/C=C/[C@H](O)[C@@H]2CC[C@H]2CN2C[C@@]3(CCCc4cc(Cl)ccc43)COc3ccc1cc32. The summed E-state index contributed by atoms with van der Waals surface area (Å²) >= 11 is 6.41. The van der Waals surface area contributed by atoms with E-state index in [2.05, 4.69) is 21.8 Å². The van der Waals surface area contributed by atoms with Crippen LogP contribution in [0.1, 0.15) is 65.6 Å². The summed E-state index contributed by atoms with van der Waals surface area (Å²) in [5.41, 5.74) is 4.18. The minimum absolute atomic E-state index is 0.112. The number of sulfonamides is 1. The molecule has 7 rings (SSSR count). The maximum absolute atomic E-state index is 13.7. The van der Waals surface area contributed by atoms with Gasteiger partial charge in [-0.3, -0.25) is 4.79 Å². The van der Waals surface area contributed by atoms with Gasteiger partial charge in [0.05, 0.1) is 23.6 Å². The first kappa shape index (κ1) is 31.3. The van der Waals surface area contributed by atoms with E-state index in [1.54, 1.807) is 18.2 Å². The number of hydrogen-bond acceptors (Lipinski definition) is 6. The van der Waals surface area contributed by atoms with E-state index in [9.17, 15) is 18.3 Å². The number of fused-ring (bicyclic) bond motifs is 4. The van der Waals surface area contributed by atoms with Gasteiger partial charge in [0.2, 0.25) is 10.0 Å². The zero-order chi connectivity index (χ0) is 31.9. The number of rotatable bonds is 2. The highest BCUT2D eigenvalue weighted by molar-refractivity contribution is 7.90. The van der Waals surface area contributed by atoms with Crippen LogP contribution in [0.15, 0.2) is 78.9 Å². The maximum atomic E-state index is 13.7.